The van der Waals surface area contributed by atoms with Crippen molar-refractivity contribution in [2.45, 2.75) is 64.5 Å². The Morgan fingerprint density at radius 3 is 3.08 bits per heavy atom. The largest absolute Gasteiger partial charge is 0.466 e. The standard InChI is InChI=1S/C19H25N3O2/c1-12-9-16(12)17-6-4-15(24-17)5-8-19(23)21-14-3-7-18-20-13(2)10-22(18)11-14/h4,6,10,12,14,16H,3,5,7-9,11H2,1-2H3,(H,21,23)/t12-,14+,16-/m1/s1. The summed E-state index contributed by atoms with van der Waals surface area (Å²) in [6.45, 7) is 5.09. The zero-order chi connectivity index (χ0) is 16.7. The normalized spacial score (nSPS) is 25.3. The number of hydrogen-bond acceptors (Lipinski definition) is 3. The van der Waals surface area contributed by atoms with Gasteiger partial charge >= 0.3 is 0 Å². The molecule has 5 nitrogen and oxygen atoms in total. The van der Waals surface area contributed by atoms with Crippen LogP contribution >= 0.6 is 0 Å². The van der Waals surface area contributed by atoms with Gasteiger partial charge in [-0.25, -0.2) is 4.98 Å². The fourth-order valence-corrected chi connectivity index (χ4v) is 3.69. The summed E-state index contributed by atoms with van der Waals surface area (Å²) in [6, 6.07) is 4.30. The van der Waals surface area contributed by atoms with Gasteiger partial charge in [-0.1, -0.05) is 6.92 Å². The Bertz CT molecular complexity index is 746. The summed E-state index contributed by atoms with van der Waals surface area (Å²) in [5.41, 5.74) is 1.05. The average molecular weight is 327 g/mol. The third-order valence-electron chi connectivity index (χ3n) is 5.23. The number of amides is 1. The number of aromatic nitrogens is 2. The van der Waals surface area contributed by atoms with E-state index in [4.69, 9.17) is 4.42 Å². The van der Waals surface area contributed by atoms with E-state index in [9.17, 15) is 4.79 Å². The van der Waals surface area contributed by atoms with Crippen molar-refractivity contribution >= 4 is 5.91 Å². The van der Waals surface area contributed by atoms with Crippen molar-refractivity contribution in [3.63, 3.8) is 0 Å². The van der Waals surface area contributed by atoms with Crippen LogP contribution in [0.1, 0.15) is 55.1 Å². The summed E-state index contributed by atoms with van der Waals surface area (Å²) >= 11 is 0. The Balaban J connectivity index is 1.26. The maximum absolute atomic E-state index is 12.2. The summed E-state index contributed by atoms with van der Waals surface area (Å²) in [7, 11) is 0. The monoisotopic (exact) mass is 327 g/mol. The van der Waals surface area contributed by atoms with E-state index in [1.165, 1.54) is 6.42 Å². The first-order valence-electron chi connectivity index (χ1n) is 8.99. The zero-order valence-electron chi connectivity index (χ0n) is 14.4. The Hall–Kier alpha value is -2.04. The fraction of sp³-hybridized carbons (Fsp3) is 0.579. The quantitative estimate of drug-likeness (QED) is 0.918. The van der Waals surface area contributed by atoms with E-state index in [0.717, 1.165) is 48.3 Å². The molecule has 3 atom stereocenters. The van der Waals surface area contributed by atoms with Gasteiger partial charge in [0.25, 0.3) is 0 Å². The molecule has 0 bridgehead atoms. The Morgan fingerprint density at radius 2 is 2.29 bits per heavy atom. The topological polar surface area (TPSA) is 60.1 Å². The molecule has 2 aromatic rings. The third kappa shape index (κ3) is 3.25. The van der Waals surface area contributed by atoms with Crippen LogP contribution in [0.4, 0.5) is 0 Å². The number of nitrogens with zero attached hydrogens (tertiary/aromatic N) is 2. The molecule has 1 N–H and O–H groups in total. The molecule has 0 aromatic carbocycles. The summed E-state index contributed by atoms with van der Waals surface area (Å²) < 4.78 is 8.04. The van der Waals surface area contributed by atoms with Crippen LogP contribution in [-0.2, 0) is 24.2 Å². The molecule has 4 rings (SSSR count). The second-order valence-electron chi connectivity index (χ2n) is 7.38. The average Bonchev–Trinajstić information content (AvgIpc) is 2.97. The molecule has 0 spiro atoms. The Morgan fingerprint density at radius 1 is 1.46 bits per heavy atom. The van der Waals surface area contributed by atoms with Gasteiger partial charge < -0.3 is 14.3 Å². The van der Waals surface area contributed by atoms with Gasteiger partial charge in [-0.15, -0.1) is 0 Å². The van der Waals surface area contributed by atoms with Gasteiger partial charge in [0, 0.05) is 44.0 Å². The number of carbonyl (C=O) groups is 1. The Kier molecular flexibility index (Phi) is 3.94. The number of aryl methyl sites for hydroxylation is 3. The van der Waals surface area contributed by atoms with Gasteiger partial charge in [0.2, 0.25) is 5.91 Å². The van der Waals surface area contributed by atoms with E-state index in [1.807, 2.05) is 13.0 Å². The molecule has 1 amide bonds. The summed E-state index contributed by atoms with van der Waals surface area (Å²) in [5, 5.41) is 3.16. The molecule has 24 heavy (non-hydrogen) atoms. The van der Waals surface area contributed by atoms with Crippen molar-refractivity contribution in [3.05, 3.63) is 41.4 Å². The van der Waals surface area contributed by atoms with Crippen LogP contribution in [0.15, 0.2) is 22.7 Å². The minimum atomic E-state index is 0.109. The molecule has 1 aliphatic carbocycles. The molecule has 2 aromatic heterocycles. The number of imidazole rings is 1. The number of hydrogen-bond donors (Lipinski definition) is 1. The first-order valence-corrected chi connectivity index (χ1v) is 8.99. The summed E-state index contributed by atoms with van der Waals surface area (Å²) in [4.78, 5) is 16.7. The lowest BCUT2D eigenvalue weighted by Crippen LogP contribution is -2.40. The van der Waals surface area contributed by atoms with Crippen LogP contribution < -0.4 is 5.32 Å². The third-order valence-corrected chi connectivity index (χ3v) is 5.23. The predicted octanol–water partition coefficient (Wildman–Crippen LogP) is 2.97. The molecule has 0 unspecified atom stereocenters. The predicted molar refractivity (Wildman–Crippen MR) is 90.8 cm³/mol. The van der Waals surface area contributed by atoms with Crippen molar-refractivity contribution in [3.8, 4) is 0 Å². The zero-order valence-corrected chi connectivity index (χ0v) is 14.4. The molecule has 5 heteroatoms. The summed E-state index contributed by atoms with van der Waals surface area (Å²) in [6.07, 6.45) is 6.35. The molecule has 1 saturated carbocycles. The number of carbonyl (C=O) groups excluding carboxylic acids is 1. The van der Waals surface area contributed by atoms with Crippen LogP contribution in [0.5, 0.6) is 0 Å². The molecule has 1 aliphatic heterocycles. The second-order valence-corrected chi connectivity index (χ2v) is 7.38. The highest BCUT2D eigenvalue weighted by atomic mass is 16.3. The van der Waals surface area contributed by atoms with Gasteiger partial charge in [-0.3, -0.25) is 4.79 Å². The first kappa shape index (κ1) is 15.5. The molecule has 3 heterocycles. The SMILES string of the molecule is Cc1cn2c(n1)CC[C@H](NC(=O)CCc1ccc([C@@H]3C[C@H]3C)o1)C2. The highest BCUT2D eigenvalue weighted by molar-refractivity contribution is 5.76. The summed E-state index contributed by atoms with van der Waals surface area (Å²) in [5.74, 6) is 4.61. The van der Waals surface area contributed by atoms with Gasteiger partial charge in [0.15, 0.2) is 0 Å². The molecule has 1 fully saturated rings. The van der Waals surface area contributed by atoms with Crippen molar-refractivity contribution in [1.29, 1.82) is 0 Å². The van der Waals surface area contributed by atoms with E-state index in [-0.39, 0.29) is 11.9 Å². The first-order chi connectivity index (χ1) is 11.6. The van der Waals surface area contributed by atoms with Gasteiger partial charge in [-0.05, 0) is 37.8 Å². The smallest absolute Gasteiger partial charge is 0.220 e. The van der Waals surface area contributed by atoms with Crippen LogP contribution in [0.3, 0.4) is 0 Å². The fourth-order valence-electron chi connectivity index (χ4n) is 3.69. The van der Waals surface area contributed by atoms with Crippen LogP contribution in [0.25, 0.3) is 0 Å². The number of rotatable bonds is 5. The number of fused-ring (bicyclic) bond motifs is 1. The number of furan rings is 1. The molecular formula is C19H25N3O2. The highest BCUT2D eigenvalue weighted by Crippen LogP contribution is 2.47. The molecule has 2 aliphatic rings. The van der Waals surface area contributed by atoms with Crippen molar-refractivity contribution in [1.82, 2.24) is 14.9 Å². The molecular weight excluding hydrogens is 302 g/mol. The van der Waals surface area contributed by atoms with E-state index < -0.39 is 0 Å². The lowest BCUT2D eigenvalue weighted by atomic mass is 10.1. The lowest BCUT2D eigenvalue weighted by molar-refractivity contribution is -0.122. The maximum atomic E-state index is 12.2. The van der Waals surface area contributed by atoms with Crippen LogP contribution in [-0.4, -0.2) is 21.5 Å². The van der Waals surface area contributed by atoms with Crippen LogP contribution in [0.2, 0.25) is 0 Å². The Labute approximate surface area is 142 Å². The van der Waals surface area contributed by atoms with Gasteiger partial charge in [0.05, 0.1) is 5.69 Å². The highest BCUT2D eigenvalue weighted by Gasteiger charge is 2.36. The van der Waals surface area contributed by atoms with E-state index in [1.54, 1.807) is 0 Å². The van der Waals surface area contributed by atoms with E-state index in [0.29, 0.717) is 18.8 Å². The molecule has 0 radical (unpaired) electrons. The van der Waals surface area contributed by atoms with Crippen molar-refractivity contribution in [2.24, 2.45) is 5.92 Å². The van der Waals surface area contributed by atoms with Crippen LogP contribution in [0, 0.1) is 12.8 Å². The molecule has 128 valence electrons. The minimum Gasteiger partial charge on any atom is -0.466 e. The molecule has 0 saturated heterocycles. The lowest BCUT2D eigenvalue weighted by Gasteiger charge is -2.24. The van der Waals surface area contributed by atoms with Crippen molar-refractivity contribution < 1.29 is 9.21 Å². The second kappa shape index (κ2) is 6.11. The van der Waals surface area contributed by atoms with Gasteiger partial charge in [-0.2, -0.15) is 0 Å². The maximum Gasteiger partial charge on any atom is 0.220 e. The number of nitrogens with one attached hydrogen (secondary N) is 1. The van der Waals surface area contributed by atoms with Gasteiger partial charge in [0.1, 0.15) is 17.3 Å². The van der Waals surface area contributed by atoms with Crippen molar-refractivity contribution in [2.75, 3.05) is 0 Å². The van der Waals surface area contributed by atoms with E-state index in [2.05, 4.69) is 34.1 Å². The minimum absolute atomic E-state index is 0.109. The van der Waals surface area contributed by atoms with E-state index >= 15 is 0 Å².